The van der Waals surface area contributed by atoms with Crippen LogP contribution in [0.15, 0.2) is 22.8 Å². The van der Waals surface area contributed by atoms with Crippen molar-refractivity contribution in [2.45, 2.75) is 58.3 Å². The highest BCUT2D eigenvalue weighted by atomic mass is 16.5. The number of furan rings is 1. The van der Waals surface area contributed by atoms with E-state index in [2.05, 4.69) is 41.2 Å². The summed E-state index contributed by atoms with van der Waals surface area (Å²) in [5.74, 6) is 1.81. The van der Waals surface area contributed by atoms with E-state index in [9.17, 15) is 0 Å². The second-order valence-corrected chi connectivity index (χ2v) is 7.06. The predicted octanol–water partition coefficient (Wildman–Crippen LogP) is 2.20. The van der Waals surface area contributed by atoms with E-state index in [1.54, 1.807) is 6.26 Å². The number of hydrogen-bond acceptors (Lipinski definition) is 6. The SMILES string of the molecule is CC(C)(C)n1nnnc1CN(Cc1ccco1)C[C@H]1CCCO1. The lowest BCUT2D eigenvalue weighted by molar-refractivity contribution is 0.0634. The van der Waals surface area contributed by atoms with Crippen molar-refractivity contribution in [2.24, 2.45) is 0 Å². The molecule has 0 bridgehead atoms. The smallest absolute Gasteiger partial charge is 0.165 e. The van der Waals surface area contributed by atoms with Crippen molar-refractivity contribution < 1.29 is 9.15 Å². The van der Waals surface area contributed by atoms with E-state index >= 15 is 0 Å². The molecular formula is C16H25N5O2. The fourth-order valence-electron chi connectivity index (χ4n) is 2.91. The van der Waals surface area contributed by atoms with Crippen LogP contribution in [0.5, 0.6) is 0 Å². The highest BCUT2D eigenvalue weighted by Gasteiger charge is 2.24. The summed E-state index contributed by atoms with van der Waals surface area (Å²) in [5.41, 5.74) is -0.140. The lowest BCUT2D eigenvalue weighted by Gasteiger charge is -2.26. The number of tetrazole rings is 1. The minimum Gasteiger partial charge on any atom is -0.468 e. The average molecular weight is 319 g/mol. The molecule has 0 N–H and O–H groups in total. The molecule has 0 spiro atoms. The van der Waals surface area contributed by atoms with Crippen molar-refractivity contribution in [1.29, 1.82) is 0 Å². The molecule has 1 fully saturated rings. The van der Waals surface area contributed by atoms with Gasteiger partial charge in [-0.3, -0.25) is 4.90 Å². The standard InChI is InChI=1S/C16H25N5O2/c1-16(2,3)21-15(17-18-19-21)12-20(10-13-6-4-8-22-13)11-14-7-5-9-23-14/h4,6,8,14H,5,7,9-12H2,1-3H3/t14-/m1/s1. The van der Waals surface area contributed by atoms with E-state index in [1.165, 1.54) is 0 Å². The molecular weight excluding hydrogens is 294 g/mol. The van der Waals surface area contributed by atoms with Crippen molar-refractivity contribution in [1.82, 2.24) is 25.1 Å². The number of rotatable bonds is 6. The molecule has 0 aliphatic carbocycles. The maximum Gasteiger partial charge on any atom is 0.165 e. The summed E-state index contributed by atoms with van der Waals surface area (Å²) in [7, 11) is 0. The van der Waals surface area contributed by atoms with Gasteiger partial charge in [0.15, 0.2) is 5.82 Å². The van der Waals surface area contributed by atoms with Crippen LogP contribution in [0.4, 0.5) is 0 Å². The molecule has 0 unspecified atom stereocenters. The minimum absolute atomic E-state index is 0.140. The molecule has 0 radical (unpaired) electrons. The average Bonchev–Trinajstić information content (AvgIpc) is 3.18. The molecule has 2 aromatic heterocycles. The Kier molecular flexibility index (Phi) is 4.77. The van der Waals surface area contributed by atoms with Gasteiger partial charge in [0.25, 0.3) is 0 Å². The summed E-state index contributed by atoms with van der Waals surface area (Å²) in [6.45, 7) is 9.42. The topological polar surface area (TPSA) is 69.2 Å². The molecule has 1 atom stereocenters. The highest BCUT2D eigenvalue weighted by molar-refractivity contribution is 4.99. The maximum atomic E-state index is 5.79. The first kappa shape index (κ1) is 16.1. The van der Waals surface area contributed by atoms with E-state index in [-0.39, 0.29) is 11.6 Å². The van der Waals surface area contributed by atoms with E-state index in [0.717, 1.165) is 44.1 Å². The van der Waals surface area contributed by atoms with E-state index < -0.39 is 0 Å². The Labute approximate surface area is 136 Å². The Bertz CT molecular complexity index is 596. The van der Waals surface area contributed by atoms with Crippen LogP contribution in [-0.2, 0) is 23.4 Å². The largest absolute Gasteiger partial charge is 0.468 e. The summed E-state index contributed by atoms with van der Waals surface area (Å²) in [6, 6.07) is 3.91. The quantitative estimate of drug-likeness (QED) is 0.813. The van der Waals surface area contributed by atoms with Gasteiger partial charge in [-0.25, -0.2) is 4.68 Å². The Balaban J connectivity index is 1.73. The molecule has 1 aliphatic heterocycles. The third-order valence-electron chi connectivity index (χ3n) is 3.98. The van der Waals surface area contributed by atoms with Crippen molar-refractivity contribution in [3.8, 4) is 0 Å². The fourth-order valence-corrected chi connectivity index (χ4v) is 2.91. The number of hydrogen-bond donors (Lipinski definition) is 0. The molecule has 7 heteroatoms. The molecule has 1 saturated heterocycles. The Morgan fingerprint density at radius 1 is 1.35 bits per heavy atom. The highest BCUT2D eigenvalue weighted by Crippen LogP contribution is 2.19. The van der Waals surface area contributed by atoms with E-state index in [1.807, 2.05) is 16.8 Å². The normalized spacial score (nSPS) is 18.9. The van der Waals surface area contributed by atoms with Crippen LogP contribution in [-0.4, -0.2) is 44.4 Å². The summed E-state index contributed by atoms with van der Waals surface area (Å²) in [5, 5.41) is 12.2. The zero-order valence-electron chi connectivity index (χ0n) is 14.1. The first-order chi connectivity index (χ1) is 11.0. The lowest BCUT2D eigenvalue weighted by atomic mass is 10.1. The fraction of sp³-hybridized carbons (Fsp3) is 0.688. The molecule has 126 valence electrons. The van der Waals surface area contributed by atoms with E-state index in [0.29, 0.717) is 6.54 Å². The number of aromatic nitrogens is 4. The van der Waals surface area contributed by atoms with Crippen LogP contribution in [0.25, 0.3) is 0 Å². The second kappa shape index (κ2) is 6.80. The van der Waals surface area contributed by atoms with Gasteiger partial charge in [0.1, 0.15) is 5.76 Å². The molecule has 0 amide bonds. The van der Waals surface area contributed by atoms with Crippen LogP contribution in [0, 0.1) is 0 Å². The Morgan fingerprint density at radius 3 is 2.87 bits per heavy atom. The zero-order valence-corrected chi connectivity index (χ0v) is 14.1. The van der Waals surface area contributed by atoms with Gasteiger partial charge in [0.05, 0.1) is 31.0 Å². The van der Waals surface area contributed by atoms with Gasteiger partial charge in [-0.2, -0.15) is 0 Å². The van der Waals surface area contributed by atoms with Crippen LogP contribution in [0.1, 0.15) is 45.2 Å². The zero-order chi connectivity index (χ0) is 16.3. The van der Waals surface area contributed by atoms with Gasteiger partial charge in [-0.1, -0.05) is 0 Å². The molecule has 23 heavy (non-hydrogen) atoms. The summed E-state index contributed by atoms with van der Waals surface area (Å²) in [4.78, 5) is 2.29. The van der Waals surface area contributed by atoms with Crippen molar-refractivity contribution in [2.75, 3.05) is 13.2 Å². The van der Waals surface area contributed by atoms with Crippen LogP contribution < -0.4 is 0 Å². The van der Waals surface area contributed by atoms with Gasteiger partial charge < -0.3 is 9.15 Å². The maximum absolute atomic E-state index is 5.79. The monoisotopic (exact) mass is 319 g/mol. The van der Waals surface area contributed by atoms with Gasteiger partial charge in [0.2, 0.25) is 0 Å². The third kappa shape index (κ3) is 4.17. The molecule has 0 saturated carbocycles. The molecule has 2 aromatic rings. The molecule has 1 aliphatic rings. The molecule has 3 heterocycles. The van der Waals surface area contributed by atoms with Crippen LogP contribution >= 0.6 is 0 Å². The Morgan fingerprint density at radius 2 is 2.22 bits per heavy atom. The molecule has 7 nitrogen and oxygen atoms in total. The van der Waals surface area contributed by atoms with E-state index in [4.69, 9.17) is 9.15 Å². The first-order valence-electron chi connectivity index (χ1n) is 8.16. The van der Waals surface area contributed by atoms with Gasteiger partial charge in [-0.15, -0.1) is 5.10 Å². The van der Waals surface area contributed by atoms with Crippen LogP contribution in [0.3, 0.4) is 0 Å². The second-order valence-electron chi connectivity index (χ2n) is 7.06. The summed E-state index contributed by atoms with van der Waals surface area (Å²) >= 11 is 0. The summed E-state index contributed by atoms with van der Waals surface area (Å²) < 4.78 is 13.2. The minimum atomic E-state index is -0.140. The lowest BCUT2D eigenvalue weighted by Crippen LogP contribution is -2.34. The third-order valence-corrected chi connectivity index (χ3v) is 3.98. The number of ether oxygens (including phenoxy) is 1. The van der Waals surface area contributed by atoms with Crippen LogP contribution in [0.2, 0.25) is 0 Å². The van der Waals surface area contributed by atoms with Gasteiger partial charge in [0, 0.05) is 13.2 Å². The Hall–Kier alpha value is -1.73. The van der Waals surface area contributed by atoms with Crippen molar-refractivity contribution in [3.05, 3.63) is 30.0 Å². The first-order valence-corrected chi connectivity index (χ1v) is 8.16. The predicted molar refractivity (Wildman–Crippen MR) is 84.6 cm³/mol. The number of nitrogens with zero attached hydrogens (tertiary/aromatic N) is 5. The summed E-state index contributed by atoms with van der Waals surface area (Å²) in [6.07, 6.45) is 4.24. The van der Waals surface area contributed by atoms with Crippen molar-refractivity contribution >= 4 is 0 Å². The van der Waals surface area contributed by atoms with Crippen molar-refractivity contribution in [3.63, 3.8) is 0 Å². The molecule has 3 rings (SSSR count). The molecule has 0 aromatic carbocycles. The van der Waals surface area contributed by atoms with Gasteiger partial charge >= 0.3 is 0 Å². The van der Waals surface area contributed by atoms with Gasteiger partial charge in [-0.05, 0) is 56.2 Å².